The van der Waals surface area contributed by atoms with E-state index in [0.717, 1.165) is 0 Å². The molecule has 25 heavy (non-hydrogen) atoms. The van der Waals surface area contributed by atoms with Crippen LogP contribution in [0.5, 0.6) is 11.5 Å². The fourth-order valence-electron chi connectivity index (χ4n) is 2.76. The fourth-order valence-corrected chi connectivity index (χ4v) is 2.76. The molecule has 0 unspecified atom stereocenters. The summed E-state index contributed by atoms with van der Waals surface area (Å²) in [5.74, 6) is -0.606. The number of esters is 1. The molecule has 1 aromatic rings. The highest BCUT2D eigenvalue weighted by Crippen LogP contribution is 2.30. The number of allylic oxidation sites excluding steroid dienone is 1. The van der Waals surface area contributed by atoms with Crippen LogP contribution < -0.4 is 4.74 Å². The van der Waals surface area contributed by atoms with E-state index in [1.807, 2.05) is 0 Å². The number of aliphatic hydroxyl groups is 1. The van der Waals surface area contributed by atoms with E-state index in [2.05, 4.69) is 0 Å². The molecular formula is C19H24O6. The average Bonchev–Trinajstić information content (AvgIpc) is 2.56. The SMILES string of the molecule is COc1cc(O)c2c(c1)/C=C/CCC(=O)[C@@H](O)CCC[C@H](C)OC2=O. The largest absolute Gasteiger partial charge is 0.507 e. The Morgan fingerprint density at radius 1 is 1.24 bits per heavy atom. The Bertz CT molecular complexity index is 664. The summed E-state index contributed by atoms with van der Waals surface area (Å²) in [6, 6.07) is 2.99. The summed E-state index contributed by atoms with van der Waals surface area (Å²) in [7, 11) is 1.47. The standard InChI is InChI=1S/C19H24O6/c1-12-6-5-9-16(21)15(20)8-4-3-7-13-10-14(24-2)11-17(22)18(13)19(23)25-12/h3,7,10-12,16,21-22H,4-6,8-9H2,1-2H3/b7-3+/t12-,16-/m0/s1. The Balaban J connectivity index is 2.36. The third kappa shape index (κ3) is 5.06. The molecule has 136 valence electrons. The lowest BCUT2D eigenvalue weighted by atomic mass is 10.0. The maximum atomic E-state index is 12.5. The van der Waals surface area contributed by atoms with Crippen LogP contribution in [0.2, 0.25) is 0 Å². The third-order valence-corrected chi connectivity index (χ3v) is 4.18. The van der Waals surface area contributed by atoms with E-state index in [1.165, 1.54) is 13.2 Å². The van der Waals surface area contributed by atoms with Crippen LogP contribution >= 0.6 is 0 Å². The van der Waals surface area contributed by atoms with Gasteiger partial charge < -0.3 is 19.7 Å². The van der Waals surface area contributed by atoms with Crippen molar-refractivity contribution in [3.8, 4) is 11.5 Å². The van der Waals surface area contributed by atoms with Gasteiger partial charge >= 0.3 is 5.97 Å². The van der Waals surface area contributed by atoms with Crippen molar-refractivity contribution in [2.75, 3.05) is 7.11 Å². The van der Waals surface area contributed by atoms with Crippen molar-refractivity contribution in [1.82, 2.24) is 0 Å². The number of aliphatic hydroxyl groups excluding tert-OH is 1. The minimum absolute atomic E-state index is 0.0762. The molecule has 0 fully saturated rings. The number of phenolic OH excluding ortho intramolecular Hbond substituents is 1. The van der Waals surface area contributed by atoms with Gasteiger partial charge in [0.2, 0.25) is 0 Å². The average molecular weight is 348 g/mol. The molecular weight excluding hydrogens is 324 g/mol. The topological polar surface area (TPSA) is 93.1 Å². The van der Waals surface area contributed by atoms with Gasteiger partial charge in [0.15, 0.2) is 5.78 Å². The van der Waals surface area contributed by atoms with Crippen molar-refractivity contribution in [2.24, 2.45) is 0 Å². The Labute approximate surface area is 147 Å². The van der Waals surface area contributed by atoms with Crippen LogP contribution in [0.25, 0.3) is 6.08 Å². The summed E-state index contributed by atoms with van der Waals surface area (Å²) in [4.78, 5) is 24.4. The normalized spacial score (nSPS) is 24.0. The number of methoxy groups -OCH3 is 1. The lowest BCUT2D eigenvalue weighted by Gasteiger charge is -2.17. The van der Waals surface area contributed by atoms with Crippen LogP contribution in [-0.2, 0) is 9.53 Å². The molecule has 0 saturated heterocycles. The highest BCUT2D eigenvalue weighted by molar-refractivity contribution is 5.97. The first kappa shape index (κ1) is 19.0. The van der Waals surface area contributed by atoms with Crippen LogP contribution in [0.3, 0.4) is 0 Å². The zero-order chi connectivity index (χ0) is 18.4. The second-order valence-corrected chi connectivity index (χ2v) is 6.18. The molecule has 1 aliphatic rings. The molecule has 2 atom stereocenters. The van der Waals surface area contributed by atoms with E-state index in [-0.39, 0.29) is 23.5 Å². The van der Waals surface area contributed by atoms with Crippen molar-refractivity contribution in [3.63, 3.8) is 0 Å². The first-order valence-electron chi connectivity index (χ1n) is 8.41. The van der Waals surface area contributed by atoms with E-state index in [4.69, 9.17) is 9.47 Å². The summed E-state index contributed by atoms with van der Waals surface area (Å²) in [5.41, 5.74) is 0.534. The van der Waals surface area contributed by atoms with Gasteiger partial charge in [-0.25, -0.2) is 4.79 Å². The Morgan fingerprint density at radius 3 is 2.72 bits per heavy atom. The number of Topliss-reactive ketones (excluding diaryl/α,β-unsaturated/α-hetero) is 1. The Hall–Kier alpha value is -2.34. The van der Waals surface area contributed by atoms with E-state index in [9.17, 15) is 19.8 Å². The molecule has 0 aromatic heterocycles. The van der Waals surface area contributed by atoms with Crippen molar-refractivity contribution < 1.29 is 29.3 Å². The van der Waals surface area contributed by atoms with E-state index >= 15 is 0 Å². The van der Waals surface area contributed by atoms with Crippen LogP contribution in [-0.4, -0.2) is 41.3 Å². The molecule has 0 saturated carbocycles. The number of aromatic hydroxyl groups is 1. The number of hydrogen-bond acceptors (Lipinski definition) is 6. The van der Waals surface area contributed by atoms with E-state index in [0.29, 0.717) is 37.0 Å². The van der Waals surface area contributed by atoms with Crippen LogP contribution in [0.4, 0.5) is 0 Å². The number of phenols is 1. The lowest BCUT2D eigenvalue weighted by molar-refractivity contribution is -0.127. The third-order valence-electron chi connectivity index (χ3n) is 4.18. The number of fused-ring (bicyclic) bond motifs is 1. The van der Waals surface area contributed by atoms with Crippen LogP contribution in [0.1, 0.15) is 54.9 Å². The molecule has 6 nitrogen and oxygen atoms in total. The fraction of sp³-hybridized carbons (Fsp3) is 0.474. The molecule has 0 spiro atoms. The van der Waals surface area contributed by atoms with Gasteiger partial charge in [0.25, 0.3) is 0 Å². The number of carbonyl (C=O) groups excluding carboxylic acids is 2. The minimum Gasteiger partial charge on any atom is -0.507 e. The molecule has 0 bridgehead atoms. The number of ether oxygens (including phenoxy) is 2. The van der Waals surface area contributed by atoms with Gasteiger partial charge in [-0.3, -0.25) is 4.79 Å². The number of hydrogen-bond donors (Lipinski definition) is 2. The van der Waals surface area contributed by atoms with Crippen molar-refractivity contribution >= 4 is 17.8 Å². The van der Waals surface area contributed by atoms with E-state index in [1.54, 1.807) is 25.1 Å². The molecule has 2 N–H and O–H groups in total. The zero-order valence-electron chi connectivity index (χ0n) is 14.5. The smallest absolute Gasteiger partial charge is 0.342 e. The number of ketones is 1. The first-order valence-corrected chi connectivity index (χ1v) is 8.41. The summed E-state index contributed by atoms with van der Waals surface area (Å²) in [6.07, 6.45) is 4.11. The molecule has 0 amide bonds. The maximum absolute atomic E-state index is 12.5. The molecule has 1 aliphatic heterocycles. The summed E-state index contributed by atoms with van der Waals surface area (Å²) in [5, 5.41) is 20.1. The minimum atomic E-state index is -0.976. The van der Waals surface area contributed by atoms with Gasteiger partial charge in [-0.1, -0.05) is 12.2 Å². The lowest BCUT2D eigenvalue weighted by Crippen LogP contribution is -2.21. The molecule has 2 rings (SSSR count). The quantitative estimate of drug-likeness (QED) is 0.758. The number of carbonyl (C=O) groups is 2. The summed E-state index contributed by atoms with van der Waals surface area (Å²) < 4.78 is 10.5. The predicted octanol–water partition coefficient (Wildman–Crippen LogP) is 2.85. The maximum Gasteiger partial charge on any atom is 0.342 e. The summed E-state index contributed by atoms with van der Waals surface area (Å²) >= 11 is 0. The number of cyclic esters (lactones) is 1. The van der Waals surface area contributed by atoms with Gasteiger partial charge in [0, 0.05) is 12.5 Å². The first-order chi connectivity index (χ1) is 11.9. The Kier molecular flexibility index (Phi) is 6.58. The van der Waals surface area contributed by atoms with E-state index < -0.39 is 18.2 Å². The predicted molar refractivity (Wildman–Crippen MR) is 92.7 cm³/mol. The molecule has 0 aliphatic carbocycles. The van der Waals surface area contributed by atoms with Gasteiger partial charge in [0.1, 0.15) is 23.2 Å². The van der Waals surface area contributed by atoms with Gasteiger partial charge in [-0.2, -0.15) is 0 Å². The van der Waals surface area contributed by atoms with Crippen LogP contribution in [0, 0.1) is 0 Å². The molecule has 1 aromatic carbocycles. The second kappa shape index (κ2) is 8.67. The van der Waals surface area contributed by atoms with Gasteiger partial charge in [-0.05, 0) is 44.2 Å². The number of benzene rings is 1. The van der Waals surface area contributed by atoms with Crippen molar-refractivity contribution in [2.45, 2.75) is 51.2 Å². The van der Waals surface area contributed by atoms with Crippen LogP contribution in [0.15, 0.2) is 18.2 Å². The second-order valence-electron chi connectivity index (χ2n) is 6.18. The monoisotopic (exact) mass is 348 g/mol. The number of rotatable bonds is 1. The zero-order valence-corrected chi connectivity index (χ0v) is 14.5. The highest BCUT2D eigenvalue weighted by Gasteiger charge is 2.22. The van der Waals surface area contributed by atoms with Crippen molar-refractivity contribution in [1.29, 1.82) is 0 Å². The van der Waals surface area contributed by atoms with Gasteiger partial charge in [-0.15, -0.1) is 0 Å². The molecule has 0 radical (unpaired) electrons. The van der Waals surface area contributed by atoms with Crippen molar-refractivity contribution in [3.05, 3.63) is 29.3 Å². The van der Waals surface area contributed by atoms with Gasteiger partial charge in [0.05, 0.1) is 13.2 Å². The highest BCUT2D eigenvalue weighted by atomic mass is 16.5. The molecule has 6 heteroatoms. The molecule has 1 heterocycles. The summed E-state index contributed by atoms with van der Waals surface area (Å²) in [6.45, 7) is 1.74. The Morgan fingerprint density at radius 2 is 2.00 bits per heavy atom.